The van der Waals surface area contributed by atoms with Gasteiger partial charge in [-0.2, -0.15) is 0 Å². The van der Waals surface area contributed by atoms with Gasteiger partial charge in [-0.3, -0.25) is 19.2 Å². The number of unbranched alkanes of at least 4 members (excludes halogenated alkanes) is 45. The van der Waals surface area contributed by atoms with E-state index in [1.165, 1.54) is 270 Å². The van der Waals surface area contributed by atoms with Crippen LogP contribution < -0.4 is 0 Å². The van der Waals surface area contributed by atoms with Gasteiger partial charge < -0.3 is 20.4 Å². The van der Waals surface area contributed by atoms with Gasteiger partial charge in [0, 0.05) is 25.7 Å². The van der Waals surface area contributed by atoms with E-state index in [1.807, 2.05) is 0 Å². The molecule has 4 N–H and O–H groups in total. The fourth-order valence-electron chi connectivity index (χ4n) is 9.38. The fraction of sp³-hybridized carbons (Fsp3) is 0.857. The molecular formula is C70H134O8. The van der Waals surface area contributed by atoms with Crippen LogP contribution >= 0.6 is 0 Å². The molecule has 0 aliphatic rings. The van der Waals surface area contributed by atoms with Gasteiger partial charge in [0.25, 0.3) is 0 Å². The van der Waals surface area contributed by atoms with Crippen molar-refractivity contribution in [3.05, 3.63) is 36.5 Å². The molecule has 0 fully saturated rings. The molecule has 78 heavy (non-hydrogen) atoms. The van der Waals surface area contributed by atoms with Crippen LogP contribution in [0.4, 0.5) is 0 Å². The summed E-state index contributed by atoms with van der Waals surface area (Å²) < 4.78 is 0. The van der Waals surface area contributed by atoms with Crippen LogP contribution in [0.15, 0.2) is 36.5 Å². The van der Waals surface area contributed by atoms with Gasteiger partial charge in [0.05, 0.1) is 0 Å². The Morgan fingerprint density at radius 3 is 0.538 bits per heavy atom. The molecule has 0 aliphatic carbocycles. The third-order valence-corrected chi connectivity index (χ3v) is 14.5. The molecule has 462 valence electrons. The molecule has 0 saturated carbocycles. The van der Waals surface area contributed by atoms with Gasteiger partial charge in [-0.15, -0.1) is 0 Å². The lowest BCUT2D eigenvalue weighted by atomic mass is 10.0. The monoisotopic (exact) mass is 1100 g/mol. The van der Waals surface area contributed by atoms with Crippen molar-refractivity contribution >= 4 is 23.9 Å². The molecule has 0 aromatic rings. The van der Waals surface area contributed by atoms with E-state index in [2.05, 4.69) is 64.2 Å². The summed E-state index contributed by atoms with van der Waals surface area (Å²) in [6.07, 6.45) is 81.0. The molecule has 8 nitrogen and oxygen atoms in total. The lowest BCUT2D eigenvalue weighted by Crippen LogP contribution is -1.93. The quantitative estimate of drug-likeness (QED) is 0.0347. The third kappa shape index (κ3) is 95.4. The molecule has 0 radical (unpaired) electrons. The van der Waals surface area contributed by atoms with E-state index in [0.717, 1.165) is 64.2 Å². The Morgan fingerprint density at radius 2 is 0.346 bits per heavy atom. The van der Waals surface area contributed by atoms with E-state index in [-0.39, 0.29) is 0 Å². The Kier molecular flexibility index (Phi) is 81.9. The zero-order chi connectivity index (χ0) is 58.2. The van der Waals surface area contributed by atoms with E-state index >= 15 is 0 Å². The maximum absolute atomic E-state index is 10.3. The van der Waals surface area contributed by atoms with Gasteiger partial charge in [-0.25, -0.2) is 0 Å². The summed E-state index contributed by atoms with van der Waals surface area (Å²) in [5.41, 5.74) is 0. The van der Waals surface area contributed by atoms with Gasteiger partial charge in [-0.05, 0) is 83.5 Å². The number of aliphatic carboxylic acids is 4. The predicted molar refractivity (Wildman–Crippen MR) is 339 cm³/mol. The van der Waals surface area contributed by atoms with Gasteiger partial charge in [-0.1, -0.05) is 315 Å². The molecule has 0 heterocycles. The molecule has 0 unspecified atom stereocenters. The van der Waals surface area contributed by atoms with Crippen molar-refractivity contribution in [3.8, 4) is 0 Å². The highest BCUT2D eigenvalue weighted by Gasteiger charge is 2.00. The van der Waals surface area contributed by atoms with Crippen molar-refractivity contribution in [2.24, 2.45) is 0 Å². The van der Waals surface area contributed by atoms with Crippen LogP contribution in [-0.2, 0) is 19.2 Å². The smallest absolute Gasteiger partial charge is 0.303 e. The highest BCUT2D eigenvalue weighted by molar-refractivity contribution is 5.67. The standard InChI is InChI=1S/C18H36O2.C18H34O2.C18H32O2.C16H32O2/c3*1-2-3-4-5-6-7-8-9-10-11-12-13-14-15-16-17-18(19)20;1-2-3-4-5-6-7-8-9-10-11-12-13-14-15-16(17)18/h2-17H2,1H3,(H,19,20);9-10H,2-8,11-17H2,1H3,(H,19,20);6-7,9-10H,2-5,8,11-17H2,1H3,(H,19,20);2-15H2,1H3,(H,17,18)/b;10-9-;7-6-,10-9-;. The number of carboxylic acid groups (broad SMARTS) is 4. The summed E-state index contributed by atoms with van der Waals surface area (Å²) in [4.78, 5) is 41.3. The average molecular weight is 1100 g/mol. The van der Waals surface area contributed by atoms with Gasteiger partial charge in [0.15, 0.2) is 0 Å². The zero-order valence-electron chi connectivity index (χ0n) is 52.5. The third-order valence-electron chi connectivity index (χ3n) is 14.5. The van der Waals surface area contributed by atoms with Crippen LogP contribution in [0, 0.1) is 0 Å². The second kappa shape index (κ2) is 78.3. The molecule has 8 heteroatoms. The summed E-state index contributed by atoms with van der Waals surface area (Å²) in [5, 5.41) is 34.0. The summed E-state index contributed by atoms with van der Waals surface area (Å²) in [7, 11) is 0. The van der Waals surface area contributed by atoms with E-state index in [9.17, 15) is 19.2 Å². The Balaban J connectivity index is -0.000000468. The van der Waals surface area contributed by atoms with E-state index < -0.39 is 23.9 Å². The second-order valence-electron chi connectivity index (χ2n) is 22.6. The van der Waals surface area contributed by atoms with Crippen LogP contribution in [-0.4, -0.2) is 44.3 Å². The first kappa shape index (κ1) is 81.6. The van der Waals surface area contributed by atoms with Gasteiger partial charge in [0.1, 0.15) is 0 Å². The normalized spacial score (nSPS) is 11.1. The lowest BCUT2D eigenvalue weighted by molar-refractivity contribution is -0.138. The Bertz CT molecular complexity index is 1260. The van der Waals surface area contributed by atoms with Crippen molar-refractivity contribution < 1.29 is 39.6 Å². The van der Waals surface area contributed by atoms with E-state index in [0.29, 0.717) is 25.7 Å². The number of allylic oxidation sites excluding steroid dienone is 6. The first-order valence-corrected chi connectivity index (χ1v) is 33.9. The van der Waals surface area contributed by atoms with Crippen LogP contribution in [0.3, 0.4) is 0 Å². The van der Waals surface area contributed by atoms with Crippen LogP contribution in [0.25, 0.3) is 0 Å². The molecule has 0 rings (SSSR count). The molecular weight excluding hydrogens is 969 g/mol. The highest BCUT2D eigenvalue weighted by Crippen LogP contribution is 2.16. The van der Waals surface area contributed by atoms with Gasteiger partial charge >= 0.3 is 23.9 Å². The number of carboxylic acids is 4. The van der Waals surface area contributed by atoms with Crippen LogP contribution in [0.1, 0.15) is 387 Å². The van der Waals surface area contributed by atoms with Crippen molar-refractivity contribution in [3.63, 3.8) is 0 Å². The summed E-state index contributed by atoms with van der Waals surface area (Å²) >= 11 is 0. The van der Waals surface area contributed by atoms with Crippen molar-refractivity contribution in [1.29, 1.82) is 0 Å². The first-order valence-electron chi connectivity index (χ1n) is 33.9. The Morgan fingerprint density at radius 1 is 0.205 bits per heavy atom. The maximum Gasteiger partial charge on any atom is 0.303 e. The molecule has 0 aromatic carbocycles. The average Bonchev–Trinajstić information content (AvgIpc) is 3.41. The van der Waals surface area contributed by atoms with Gasteiger partial charge in [0.2, 0.25) is 0 Å². The minimum Gasteiger partial charge on any atom is -0.481 e. The Hall–Kier alpha value is -2.90. The fourth-order valence-corrected chi connectivity index (χ4v) is 9.38. The second-order valence-corrected chi connectivity index (χ2v) is 22.6. The molecule has 0 amide bonds. The Labute approximate surface area is 485 Å². The largest absolute Gasteiger partial charge is 0.481 e. The van der Waals surface area contributed by atoms with Crippen molar-refractivity contribution in [2.75, 3.05) is 0 Å². The molecule has 0 aromatic heterocycles. The van der Waals surface area contributed by atoms with Crippen LogP contribution in [0.2, 0.25) is 0 Å². The molecule has 0 saturated heterocycles. The number of hydrogen-bond donors (Lipinski definition) is 4. The molecule has 0 bridgehead atoms. The number of carbonyl (C=O) groups is 4. The SMILES string of the molecule is CCCCC/C=C\C/C=C\CCCCCCCC(=O)O.CCCCCCCC/C=C\CCCCCCCC(=O)O.CCCCCCCCCCCCCCCC(=O)O.CCCCCCCCCCCCCCCCCC(=O)O. The van der Waals surface area contributed by atoms with Crippen molar-refractivity contribution in [2.45, 2.75) is 387 Å². The molecule has 0 spiro atoms. The molecule has 0 atom stereocenters. The number of hydrogen-bond acceptors (Lipinski definition) is 4. The molecule has 0 aliphatic heterocycles. The minimum absolute atomic E-state index is 0.324. The summed E-state index contributed by atoms with van der Waals surface area (Å²) in [6.45, 7) is 9.02. The number of rotatable bonds is 59. The van der Waals surface area contributed by atoms with E-state index in [1.54, 1.807) is 0 Å². The highest BCUT2D eigenvalue weighted by atomic mass is 16.4. The summed E-state index contributed by atoms with van der Waals surface area (Å²) in [5.74, 6) is -2.64. The van der Waals surface area contributed by atoms with E-state index in [4.69, 9.17) is 20.4 Å². The topological polar surface area (TPSA) is 149 Å². The van der Waals surface area contributed by atoms with Crippen molar-refractivity contribution in [1.82, 2.24) is 0 Å². The predicted octanol–water partition coefficient (Wildman–Crippen LogP) is 23.9. The maximum atomic E-state index is 10.3. The lowest BCUT2D eigenvalue weighted by Gasteiger charge is -2.03. The first-order chi connectivity index (χ1) is 38.1. The van der Waals surface area contributed by atoms with Crippen LogP contribution in [0.5, 0.6) is 0 Å². The minimum atomic E-state index is -0.671. The summed E-state index contributed by atoms with van der Waals surface area (Å²) in [6, 6.07) is 0. The zero-order valence-corrected chi connectivity index (χ0v) is 52.5.